The zero-order chi connectivity index (χ0) is 18.5. The third-order valence-electron chi connectivity index (χ3n) is 4.69. The van der Waals surface area contributed by atoms with Crippen molar-refractivity contribution in [3.63, 3.8) is 0 Å². The van der Waals surface area contributed by atoms with Crippen molar-refractivity contribution in [2.24, 2.45) is 0 Å². The average molecular weight is 373 g/mol. The number of anilines is 2. The number of amides is 1. The summed E-state index contributed by atoms with van der Waals surface area (Å²) in [5.41, 5.74) is 5.35. The quantitative estimate of drug-likeness (QED) is 0.847. The summed E-state index contributed by atoms with van der Waals surface area (Å²) in [6.07, 6.45) is 1.11. The highest BCUT2D eigenvalue weighted by atomic mass is 35.5. The Balaban J connectivity index is 1.64. The van der Waals surface area contributed by atoms with Crippen LogP contribution >= 0.6 is 11.6 Å². The van der Waals surface area contributed by atoms with Gasteiger partial charge in [0.15, 0.2) is 0 Å². The number of hydrogen-bond acceptors (Lipinski definition) is 3. The van der Waals surface area contributed by atoms with Crippen LogP contribution < -0.4 is 10.2 Å². The lowest BCUT2D eigenvalue weighted by Crippen LogP contribution is -2.36. The first-order valence-electron chi connectivity index (χ1n) is 9.01. The van der Waals surface area contributed by atoms with Gasteiger partial charge in [0, 0.05) is 35.9 Å². The van der Waals surface area contributed by atoms with E-state index >= 15 is 0 Å². The Morgan fingerprint density at radius 2 is 1.85 bits per heavy atom. The summed E-state index contributed by atoms with van der Waals surface area (Å²) in [5, 5.41) is 3.78. The van der Waals surface area contributed by atoms with E-state index in [1.807, 2.05) is 38.1 Å². The van der Waals surface area contributed by atoms with Crippen molar-refractivity contribution in [3.8, 4) is 0 Å². The number of ether oxygens (including phenoxy) is 1. The second-order valence-corrected chi connectivity index (χ2v) is 7.17. The lowest BCUT2D eigenvalue weighted by atomic mass is 10.1. The molecule has 138 valence electrons. The van der Waals surface area contributed by atoms with E-state index in [9.17, 15) is 4.79 Å². The van der Waals surface area contributed by atoms with E-state index in [1.165, 1.54) is 5.69 Å². The molecule has 0 spiro atoms. The molecule has 1 N–H and O–H groups in total. The summed E-state index contributed by atoms with van der Waals surface area (Å²) in [6, 6.07) is 11.9. The molecule has 0 aromatic heterocycles. The van der Waals surface area contributed by atoms with Crippen LogP contribution in [-0.4, -0.2) is 32.2 Å². The van der Waals surface area contributed by atoms with Gasteiger partial charge < -0.3 is 15.0 Å². The van der Waals surface area contributed by atoms with Crippen molar-refractivity contribution >= 4 is 28.9 Å². The predicted octanol–water partition coefficient (Wildman–Crippen LogP) is 4.36. The number of halogens is 1. The highest BCUT2D eigenvalue weighted by molar-refractivity contribution is 6.30. The van der Waals surface area contributed by atoms with Crippen LogP contribution in [0, 0.1) is 13.8 Å². The molecule has 0 bridgehead atoms. The molecule has 1 aliphatic rings. The van der Waals surface area contributed by atoms with Gasteiger partial charge in [-0.1, -0.05) is 23.7 Å². The van der Waals surface area contributed by atoms with E-state index in [1.54, 1.807) is 0 Å². The number of hydrogen-bond donors (Lipinski definition) is 1. The standard InChI is InChI=1S/C21H25ClN2O2/c1-15-12-19(24-8-10-26-11-9-24)13-16(2)21(15)23-20(25)7-6-17-4-3-5-18(22)14-17/h3-5,12-14H,6-11H2,1-2H3,(H,23,25). The van der Waals surface area contributed by atoms with Crippen LogP contribution in [0.4, 0.5) is 11.4 Å². The number of nitrogens with one attached hydrogen (secondary N) is 1. The largest absolute Gasteiger partial charge is 0.378 e. The van der Waals surface area contributed by atoms with Gasteiger partial charge in [-0.05, 0) is 61.2 Å². The van der Waals surface area contributed by atoms with E-state index in [0.29, 0.717) is 17.9 Å². The van der Waals surface area contributed by atoms with Gasteiger partial charge in [-0.25, -0.2) is 0 Å². The number of benzene rings is 2. The molecule has 1 heterocycles. The van der Waals surface area contributed by atoms with Crippen molar-refractivity contribution in [1.82, 2.24) is 0 Å². The second kappa shape index (κ2) is 8.56. The molecule has 0 aliphatic carbocycles. The van der Waals surface area contributed by atoms with Crippen LogP contribution in [0.1, 0.15) is 23.1 Å². The van der Waals surface area contributed by atoms with Crippen molar-refractivity contribution in [3.05, 3.63) is 58.1 Å². The first-order valence-corrected chi connectivity index (χ1v) is 9.39. The topological polar surface area (TPSA) is 41.6 Å². The van der Waals surface area contributed by atoms with Crippen molar-refractivity contribution in [2.45, 2.75) is 26.7 Å². The van der Waals surface area contributed by atoms with Gasteiger partial charge in [-0.15, -0.1) is 0 Å². The minimum Gasteiger partial charge on any atom is -0.378 e. The number of aryl methyl sites for hydroxylation is 3. The summed E-state index contributed by atoms with van der Waals surface area (Å²) in [4.78, 5) is 14.7. The van der Waals surface area contributed by atoms with Crippen molar-refractivity contribution in [1.29, 1.82) is 0 Å². The first-order chi connectivity index (χ1) is 12.5. The Hall–Kier alpha value is -2.04. The van der Waals surface area contributed by atoms with Gasteiger partial charge in [0.1, 0.15) is 0 Å². The van der Waals surface area contributed by atoms with Crippen molar-refractivity contribution < 1.29 is 9.53 Å². The SMILES string of the molecule is Cc1cc(N2CCOCC2)cc(C)c1NC(=O)CCc1cccc(Cl)c1. The van der Waals surface area contributed by atoms with Crippen LogP contribution in [0.3, 0.4) is 0 Å². The van der Waals surface area contributed by atoms with Gasteiger partial charge >= 0.3 is 0 Å². The molecule has 0 saturated carbocycles. The lowest BCUT2D eigenvalue weighted by molar-refractivity contribution is -0.116. The van der Waals surface area contributed by atoms with Gasteiger partial charge in [-0.3, -0.25) is 4.79 Å². The molecule has 4 nitrogen and oxygen atoms in total. The van der Waals surface area contributed by atoms with Crippen LogP contribution in [0.5, 0.6) is 0 Å². The van der Waals surface area contributed by atoms with Crippen LogP contribution in [0.2, 0.25) is 5.02 Å². The fourth-order valence-corrected chi connectivity index (χ4v) is 3.51. The van der Waals surface area contributed by atoms with Gasteiger partial charge in [0.2, 0.25) is 5.91 Å². The summed E-state index contributed by atoms with van der Waals surface area (Å²) in [6.45, 7) is 7.43. The molecule has 2 aromatic rings. The maximum absolute atomic E-state index is 12.4. The highest BCUT2D eigenvalue weighted by Gasteiger charge is 2.15. The molecule has 1 fully saturated rings. The Bertz CT molecular complexity index is 762. The number of rotatable bonds is 5. The molecule has 1 aliphatic heterocycles. The normalized spacial score (nSPS) is 14.3. The second-order valence-electron chi connectivity index (χ2n) is 6.73. The Morgan fingerprint density at radius 1 is 1.15 bits per heavy atom. The minimum atomic E-state index is 0.0234. The monoisotopic (exact) mass is 372 g/mol. The van der Waals surface area contributed by atoms with E-state index in [4.69, 9.17) is 16.3 Å². The third-order valence-corrected chi connectivity index (χ3v) is 4.92. The zero-order valence-corrected chi connectivity index (χ0v) is 16.1. The highest BCUT2D eigenvalue weighted by Crippen LogP contribution is 2.28. The smallest absolute Gasteiger partial charge is 0.224 e. The predicted molar refractivity (Wildman–Crippen MR) is 107 cm³/mol. The van der Waals surface area contributed by atoms with Crippen LogP contribution in [-0.2, 0) is 16.0 Å². The number of nitrogens with zero attached hydrogens (tertiary/aromatic N) is 1. The summed E-state index contributed by atoms with van der Waals surface area (Å²) in [5.74, 6) is 0.0234. The molecule has 0 atom stereocenters. The molecule has 5 heteroatoms. The average Bonchev–Trinajstić information content (AvgIpc) is 2.63. The minimum absolute atomic E-state index is 0.0234. The zero-order valence-electron chi connectivity index (χ0n) is 15.3. The van der Waals surface area contributed by atoms with E-state index in [0.717, 1.165) is 48.7 Å². The Labute approximate surface area is 160 Å². The first kappa shape index (κ1) is 18.7. The van der Waals surface area contributed by atoms with E-state index < -0.39 is 0 Å². The number of carbonyl (C=O) groups is 1. The van der Waals surface area contributed by atoms with Gasteiger partial charge in [0.05, 0.1) is 13.2 Å². The van der Waals surface area contributed by atoms with Gasteiger partial charge in [-0.2, -0.15) is 0 Å². The molecule has 0 unspecified atom stereocenters. The van der Waals surface area contributed by atoms with Crippen molar-refractivity contribution in [2.75, 3.05) is 36.5 Å². The van der Waals surface area contributed by atoms with Gasteiger partial charge in [0.25, 0.3) is 0 Å². The Kier molecular flexibility index (Phi) is 6.17. The number of morpholine rings is 1. The number of carbonyl (C=O) groups excluding carboxylic acids is 1. The maximum Gasteiger partial charge on any atom is 0.224 e. The fraction of sp³-hybridized carbons (Fsp3) is 0.381. The summed E-state index contributed by atoms with van der Waals surface area (Å²) < 4.78 is 5.42. The summed E-state index contributed by atoms with van der Waals surface area (Å²) >= 11 is 6.00. The Morgan fingerprint density at radius 3 is 2.50 bits per heavy atom. The summed E-state index contributed by atoms with van der Waals surface area (Å²) in [7, 11) is 0. The molecule has 3 rings (SSSR count). The molecular weight excluding hydrogens is 348 g/mol. The molecule has 1 saturated heterocycles. The molecule has 26 heavy (non-hydrogen) atoms. The molecule has 0 radical (unpaired) electrons. The molecule has 1 amide bonds. The lowest BCUT2D eigenvalue weighted by Gasteiger charge is -2.30. The van der Waals surface area contributed by atoms with E-state index in [2.05, 4.69) is 22.3 Å². The third kappa shape index (κ3) is 4.77. The maximum atomic E-state index is 12.4. The van der Waals surface area contributed by atoms with E-state index in [-0.39, 0.29) is 5.91 Å². The van der Waals surface area contributed by atoms with Crippen LogP contribution in [0.15, 0.2) is 36.4 Å². The van der Waals surface area contributed by atoms with Crippen LogP contribution in [0.25, 0.3) is 0 Å². The fourth-order valence-electron chi connectivity index (χ4n) is 3.29. The molecular formula is C21H25ClN2O2. The molecule has 2 aromatic carbocycles.